The van der Waals surface area contributed by atoms with Crippen LogP contribution in [-0.4, -0.2) is 14.9 Å². The second-order valence-corrected chi connectivity index (χ2v) is 5.42. The molecule has 0 bridgehead atoms. The quantitative estimate of drug-likeness (QED) is 0.651. The van der Waals surface area contributed by atoms with Gasteiger partial charge in [-0.05, 0) is 28.9 Å². The SMILES string of the molecule is Cc1cc(N)nc(COc2c(Br)cc(Cl)cc2[N+](=O)[O-])n1. The van der Waals surface area contributed by atoms with Crippen molar-refractivity contribution in [1.82, 2.24) is 9.97 Å². The normalized spacial score (nSPS) is 10.4. The van der Waals surface area contributed by atoms with Crippen molar-refractivity contribution in [2.24, 2.45) is 0 Å². The van der Waals surface area contributed by atoms with Crippen molar-refractivity contribution < 1.29 is 9.66 Å². The highest BCUT2D eigenvalue weighted by Gasteiger charge is 2.20. The summed E-state index contributed by atoms with van der Waals surface area (Å²) in [7, 11) is 0. The molecule has 0 saturated heterocycles. The van der Waals surface area contributed by atoms with Gasteiger partial charge in [0, 0.05) is 22.8 Å². The zero-order valence-corrected chi connectivity index (χ0v) is 13.2. The molecule has 110 valence electrons. The molecule has 0 unspecified atom stereocenters. The molecule has 0 radical (unpaired) electrons. The smallest absolute Gasteiger partial charge is 0.313 e. The molecule has 7 nitrogen and oxygen atoms in total. The van der Waals surface area contributed by atoms with E-state index in [1.807, 2.05) is 0 Å². The van der Waals surface area contributed by atoms with Crippen molar-refractivity contribution in [1.29, 1.82) is 0 Å². The fraction of sp³-hybridized carbons (Fsp3) is 0.167. The van der Waals surface area contributed by atoms with Crippen LogP contribution in [0, 0.1) is 17.0 Å². The van der Waals surface area contributed by atoms with Crippen LogP contribution in [0.1, 0.15) is 11.5 Å². The van der Waals surface area contributed by atoms with Gasteiger partial charge in [0.05, 0.1) is 9.40 Å². The van der Waals surface area contributed by atoms with E-state index in [2.05, 4.69) is 25.9 Å². The molecule has 1 aromatic heterocycles. The third-order valence-corrected chi connectivity index (χ3v) is 3.26. The molecule has 1 heterocycles. The molecular weight excluding hydrogens is 364 g/mol. The molecule has 0 aliphatic heterocycles. The van der Waals surface area contributed by atoms with Gasteiger partial charge in [-0.2, -0.15) is 0 Å². The van der Waals surface area contributed by atoms with Crippen molar-refractivity contribution in [2.75, 3.05) is 5.73 Å². The highest BCUT2D eigenvalue weighted by atomic mass is 79.9. The second-order valence-electron chi connectivity index (χ2n) is 4.13. The average Bonchev–Trinajstić information content (AvgIpc) is 2.35. The van der Waals surface area contributed by atoms with Crippen LogP contribution in [0.4, 0.5) is 11.5 Å². The summed E-state index contributed by atoms with van der Waals surface area (Å²) in [5, 5.41) is 11.3. The average molecular weight is 374 g/mol. The highest BCUT2D eigenvalue weighted by molar-refractivity contribution is 9.10. The summed E-state index contributed by atoms with van der Waals surface area (Å²) in [5.74, 6) is 0.711. The predicted molar refractivity (Wildman–Crippen MR) is 81.3 cm³/mol. The molecule has 0 atom stereocenters. The van der Waals surface area contributed by atoms with E-state index < -0.39 is 4.92 Å². The lowest BCUT2D eigenvalue weighted by molar-refractivity contribution is -0.386. The van der Waals surface area contributed by atoms with E-state index in [4.69, 9.17) is 22.1 Å². The Hall–Kier alpha value is -1.93. The lowest BCUT2D eigenvalue weighted by Crippen LogP contribution is -2.06. The Kier molecular flexibility index (Phi) is 4.59. The maximum atomic E-state index is 11.0. The number of hydrogen-bond donors (Lipinski definition) is 1. The fourth-order valence-electron chi connectivity index (χ4n) is 1.68. The Morgan fingerprint density at radius 3 is 2.76 bits per heavy atom. The van der Waals surface area contributed by atoms with Crippen molar-refractivity contribution in [2.45, 2.75) is 13.5 Å². The van der Waals surface area contributed by atoms with Gasteiger partial charge in [0.25, 0.3) is 0 Å². The number of nitrogen functional groups attached to an aromatic ring is 1. The summed E-state index contributed by atoms with van der Waals surface area (Å²) in [6.07, 6.45) is 0. The number of hydrogen-bond acceptors (Lipinski definition) is 6. The number of nitro benzene ring substituents is 1. The minimum Gasteiger partial charge on any atom is -0.478 e. The van der Waals surface area contributed by atoms with E-state index in [1.165, 1.54) is 12.1 Å². The van der Waals surface area contributed by atoms with Crippen molar-refractivity contribution in [3.8, 4) is 5.75 Å². The zero-order chi connectivity index (χ0) is 15.6. The fourth-order valence-corrected chi connectivity index (χ4v) is 2.59. The Morgan fingerprint density at radius 2 is 2.14 bits per heavy atom. The molecule has 2 aromatic rings. The lowest BCUT2D eigenvalue weighted by Gasteiger charge is -2.09. The first-order chi connectivity index (χ1) is 9.86. The van der Waals surface area contributed by atoms with E-state index in [0.29, 0.717) is 21.8 Å². The molecule has 0 aliphatic carbocycles. The summed E-state index contributed by atoms with van der Waals surface area (Å²) in [5.41, 5.74) is 6.06. The predicted octanol–water partition coefficient (Wildman–Crippen LogP) is 3.27. The van der Waals surface area contributed by atoms with E-state index in [9.17, 15) is 10.1 Å². The Labute approximate surface area is 133 Å². The number of nitro groups is 1. The first-order valence-corrected chi connectivity index (χ1v) is 6.90. The third kappa shape index (κ3) is 3.79. The first kappa shape index (κ1) is 15.5. The van der Waals surface area contributed by atoms with Crippen LogP contribution in [0.15, 0.2) is 22.7 Å². The molecule has 0 amide bonds. The van der Waals surface area contributed by atoms with Crippen molar-refractivity contribution in [3.05, 3.63) is 49.3 Å². The van der Waals surface area contributed by atoms with E-state index in [1.54, 1.807) is 13.0 Å². The molecule has 0 spiro atoms. The van der Waals surface area contributed by atoms with Gasteiger partial charge in [0.15, 0.2) is 5.82 Å². The summed E-state index contributed by atoms with van der Waals surface area (Å²) in [4.78, 5) is 18.6. The van der Waals surface area contributed by atoms with Gasteiger partial charge in [-0.25, -0.2) is 9.97 Å². The molecule has 2 rings (SSSR count). The minimum absolute atomic E-state index is 0.0487. The molecule has 0 aliphatic rings. The maximum absolute atomic E-state index is 11.0. The van der Waals surface area contributed by atoms with E-state index in [0.717, 1.165) is 0 Å². The zero-order valence-electron chi connectivity index (χ0n) is 10.8. The number of ether oxygens (including phenoxy) is 1. The van der Waals surface area contributed by atoms with E-state index in [-0.39, 0.29) is 23.1 Å². The first-order valence-electron chi connectivity index (χ1n) is 5.73. The number of aromatic nitrogens is 2. The highest BCUT2D eigenvalue weighted by Crippen LogP contribution is 2.38. The number of anilines is 1. The Balaban J connectivity index is 2.29. The Morgan fingerprint density at radius 1 is 1.43 bits per heavy atom. The van der Waals surface area contributed by atoms with Crippen LogP contribution in [0.2, 0.25) is 5.02 Å². The number of nitrogens with zero attached hydrogens (tertiary/aromatic N) is 3. The number of benzene rings is 1. The number of nitrogens with two attached hydrogens (primary N) is 1. The van der Waals surface area contributed by atoms with Gasteiger partial charge in [0.2, 0.25) is 5.75 Å². The van der Waals surface area contributed by atoms with Crippen molar-refractivity contribution in [3.63, 3.8) is 0 Å². The van der Waals surface area contributed by atoms with Gasteiger partial charge < -0.3 is 10.5 Å². The number of rotatable bonds is 4. The van der Waals surface area contributed by atoms with Gasteiger partial charge >= 0.3 is 5.69 Å². The summed E-state index contributed by atoms with van der Waals surface area (Å²) in [6, 6.07) is 4.34. The minimum atomic E-state index is -0.572. The number of aryl methyl sites for hydroxylation is 1. The van der Waals surface area contributed by atoms with Gasteiger partial charge in [-0.1, -0.05) is 11.6 Å². The van der Waals surface area contributed by atoms with Crippen molar-refractivity contribution >= 4 is 39.0 Å². The number of halogens is 2. The van der Waals surface area contributed by atoms with Crippen LogP contribution >= 0.6 is 27.5 Å². The van der Waals surface area contributed by atoms with Gasteiger partial charge in [0.1, 0.15) is 12.4 Å². The van der Waals surface area contributed by atoms with Crippen LogP contribution in [0.25, 0.3) is 0 Å². The molecule has 2 N–H and O–H groups in total. The van der Waals surface area contributed by atoms with E-state index >= 15 is 0 Å². The van der Waals surface area contributed by atoms with Crippen LogP contribution in [0.3, 0.4) is 0 Å². The summed E-state index contributed by atoms with van der Waals surface area (Å²) >= 11 is 8.98. The lowest BCUT2D eigenvalue weighted by atomic mass is 10.3. The summed E-state index contributed by atoms with van der Waals surface area (Å²) in [6.45, 7) is 1.72. The van der Waals surface area contributed by atoms with Gasteiger partial charge in [-0.15, -0.1) is 0 Å². The largest absolute Gasteiger partial charge is 0.478 e. The molecule has 9 heteroatoms. The molecule has 0 saturated carbocycles. The maximum Gasteiger partial charge on any atom is 0.313 e. The molecule has 1 aromatic carbocycles. The Bertz CT molecular complexity index is 691. The molecule has 0 fully saturated rings. The van der Waals surface area contributed by atoms with Crippen LogP contribution < -0.4 is 10.5 Å². The monoisotopic (exact) mass is 372 g/mol. The molecule has 21 heavy (non-hydrogen) atoms. The topological polar surface area (TPSA) is 104 Å². The van der Waals surface area contributed by atoms with Crippen LogP contribution in [0.5, 0.6) is 5.75 Å². The second kappa shape index (κ2) is 6.23. The standard InChI is InChI=1S/C12H10BrClN4O3/c1-6-2-10(15)17-11(16-6)5-21-12-8(13)3-7(14)4-9(12)18(19)20/h2-4H,5H2,1H3,(H2,15,16,17). The summed E-state index contributed by atoms with van der Waals surface area (Å²) < 4.78 is 5.83. The molecular formula is C12H10BrClN4O3. The van der Waals surface area contributed by atoms with Crippen LogP contribution in [-0.2, 0) is 6.61 Å². The third-order valence-electron chi connectivity index (χ3n) is 2.45. The van der Waals surface area contributed by atoms with Gasteiger partial charge in [-0.3, -0.25) is 10.1 Å².